The van der Waals surface area contributed by atoms with Gasteiger partial charge in [-0.15, -0.1) is 0 Å². The third-order valence-corrected chi connectivity index (χ3v) is 2.82. The minimum atomic E-state index is -0.603. The Hall–Kier alpha value is -1.88. The van der Waals surface area contributed by atoms with E-state index >= 15 is 0 Å². The van der Waals surface area contributed by atoms with Gasteiger partial charge in [0.2, 0.25) is 0 Å². The lowest BCUT2D eigenvalue weighted by Gasteiger charge is -2.13. The summed E-state index contributed by atoms with van der Waals surface area (Å²) in [4.78, 5) is 15.5. The van der Waals surface area contributed by atoms with Crippen molar-refractivity contribution in [3.8, 4) is 0 Å². The fourth-order valence-electron chi connectivity index (χ4n) is 1.66. The van der Waals surface area contributed by atoms with Crippen LogP contribution in [0.2, 0.25) is 5.15 Å². The predicted octanol–water partition coefficient (Wildman–Crippen LogP) is 2.83. The van der Waals surface area contributed by atoms with Gasteiger partial charge in [-0.25, -0.2) is 9.37 Å². The number of nitrogens with one attached hydrogen (secondary N) is 1. The summed E-state index contributed by atoms with van der Waals surface area (Å²) in [6.45, 7) is 1.82. The van der Waals surface area contributed by atoms with Crippen LogP contribution in [0, 0.1) is 5.82 Å². The van der Waals surface area contributed by atoms with Gasteiger partial charge in [-0.2, -0.15) is 0 Å². The Kier molecular flexibility index (Phi) is 4.16. The highest BCUT2D eigenvalue weighted by molar-refractivity contribution is 6.32. The average Bonchev–Trinajstić information content (AvgIpc) is 2.84. The lowest BCUT2D eigenvalue weighted by atomic mass is 10.2. The molecule has 0 aliphatic heterocycles. The molecule has 1 N–H and O–H groups in total. The van der Waals surface area contributed by atoms with Gasteiger partial charge in [0.15, 0.2) is 0 Å². The Morgan fingerprint density at radius 1 is 1.63 bits per heavy atom. The van der Waals surface area contributed by atoms with E-state index < -0.39 is 11.7 Å². The van der Waals surface area contributed by atoms with Crippen LogP contribution in [-0.2, 0) is 6.42 Å². The number of pyridine rings is 1. The molecule has 100 valence electrons. The summed E-state index contributed by atoms with van der Waals surface area (Å²) in [6.07, 6.45) is 3.07. The number of amides is 1. The zero-order valence-corrected chi connectivity index (χ0v) is 10.9. The van der Waals surface area contributed by atoms with Crippen molar-refractivity contribution in [1.29, 1.82) is 0 Å². The van der Waals surface area contributed by atoms with E-state index in [-0.39, 0.29) is 16.8 Å². The minimum Gasteiger partial charge on any atom is -0.469 e. The van der Waals surface area contributed by atoms with Crippen LogP contribution in [0.1, 0.15) is 23.0 Å². The molecule has 19 heavy (non-hydrogen) atoms. The van der Waals surface area contributed by atoms with Gasteiger partial charge in [-0.05, 0) is 25.1 Å². The molecule has 0 radical (unpaired) electrons. The van der Waals surface area contributed by atoms with Crippen molar-refractivity contribution in [1.82, 2.24) is 10.3 Å². The zero-order chi connectivity index (χ0) is 13.8. The van der Waals surface area contributed by atoms with Crippen molar-refractivity contribution < 1.29 is 13.6 Å². The minimum absolute atomic E-state index is 0.0213. The van der Waals surface area contributed by atoms with Gasteiger partial charge >= 0.3 is 0 Å². The monoisotopic (exact) mass is 282 g/mol. The standard InChI is InChI=1S/C13H12ClFN2O2/c1-8(5-10-3-2-4-19-10)17-13(18)11-6-9(15)7-16-12(11)14/h2-4,6-8H,5H2,1H3,(H,17,18). The summed E-state index contributed by atoms with van der Waals surface area (Å²) in [6, 6.07) is 4.49. The Morgan fingerprint density at radius 2 is 2.42 bits per heavy atom. The molecule has 0 aliphatic rings. The predicted molar refractivity (Wildman–Crippen MR) is 68.5 cm³/mol. The fourth-order valence-corrected chi connectivity index (χ4v) is 1.85. The van der Waals surface area contributed by atoms with Gasteiger partial charge < -0.3 is 9.73 Å². The van der Waals surface area contributed by atoms with Crippen LogP contribution in [0.25, 0.3) is 0 Å². The van der Waals surface area contributed by atoms with Gasteiger partial charge in [0, 0.05) is 12.5 Å². The van der Waals surface area contributed by atoms with Crippen molar-refractivity contribution in [3.05, 3.63) is 53.0 Å². The number of furan rings is 1. The Morgan fingerprint density at radius 3 is 3.11 bits per heavy atom. The maximum absolute atomic E-state index is 13.0. The van der Waals surface area contributed by atoms with Gasteiger partial charge in [-0.1, -0.05) is 11.6 Å². The molecular formula is C13H12ClFN2O2. The molecule has 0 aromatic carbocycles. The summed E-state index contributed by atoms with van der Waals surface area (Å²) >= 11 is 5.76. The summed E-state index contributed by atoms with van der Waals surface area (Å²) in [5, 5.41) is 2.69. The number of carbonyl (C=O) groups is 1. The largest absolute Gasteiger partial charge is 0.469 e. The molecule has 0 spiro atoms. The highest BCUT2D eigenvalue weighted by atomic mass is 35.5. The van der Waals surface area contributed by atoms with E-state index in [1.54, 1.807) is 12.3 Å². The molecule has 0 bridgehead atoms. The van der Waals surface area contributed by atoms with E-state index in [9.17, 15) is 9.18 Å². The van der Waals surface area contributed by atoms with E-state index in [2.05, 4.69) is 10.3 Å². The fraction of sp³-hybridized carbons (Fsp3) is 0.231. The van der Waals surface area contributed by atoms with Crippen molar-refractivity contribution >= 4 is 17.5 Å². The van der Waals surface area contributed by atoms with Gasteiger partial charge in [-0.3, -0.25) is 4.79 Å². The number of hydrogen-bond donors (Lipinski definition) is 1. The van der Waals surface area contributed by atoms with Crippen LogP contribution >= 0.6 is 11.6 Å². The molecule has 0 saturated carbocycles. The molecule has 2 heterocycles. The second kappa shape index (κ2) is 5.84. The number of rotatable bonds is 4. The maximum Gasteiger partial charge on any atom is 0.254 e. The van der Waals surface area contributed by atoms with Crippen LogP contribution in [-0.4, -0.2) is 16.9 Å². The summed E-state index contributed by atoms with van der Waals surface area (Å²) in [5.41, 5.74) is 0.0213. The SMILES string of the molecule is CC(Cc1ccco1)NC(=O)c1cc(F)cnc1Cl. The molecule has 0 aliphatic carbocycles. The molecule has 2 aromatic rings. The van der Waals surface area contributed by atoms with Crippen LogP contribution in [0.15, 0.2) is 35.1 Å². The molecule has 1 unspecified atom stereocenters. The topological polar surface area (TPSA) is 55.1 Å². The van der Waals surface area contributed by atoms with Gasteiger partial charge in [0.05, 0.1) is 18.0 Å². The van der Waals surface area contributed by atoms with E-state index in [4.69, 9.17) is 16.0 Å². The van der Waals surface area contributed by atoms with Crippen LogP contribution in [0.4, 0.5) is 4.39 Å². The smallest absolute Gasteiger partial charge is 0.254 e. The Bertz CT molecular complexity index is 572. The molecule has 1 amide bonds. The first-order valence-corrected chi connectivity index (χ1v) is 6.08. The first-order valence-electron chi connectivity index (χ1n) is 5.70. The van der Waals surface area contributed by atoms with Crippen LogP contribution in [0.3, 0.4) is 0 Å². The molecule has 2 rings (SSSR count). The Labute approximate surface area is 114 Å². The van der Waals surface area contributed by atoms with Crippen LogP contribution in [0.5, 0.6) is 0 Å². The number of hydrogen-bond acceptors (Lipinski definition) is 3. The summed E-state index contributed by atoms with van der Waals surface area (Å²) in [7, 11) is 0. The van der Waals surface area contributed by atoms with Crippen molar-refractivity contribution in [2.24, 2.45) is 0 Å². The van der Waals surface area contributed by atoms with E-state index in [1.165, 1.54) is 0 Å². The molecule has 4 nitrogen and oxygen atoms in total. The van der Waals surface area contributed by atoms with Gasteiger partial charge in [0.1, 0.15) is 16.7 Å². The van der Waals surface area contributed by atoms with E-state index in [0.29, 0.717) is 6.42 Å². The quantitative estimate of drug-likeness (QED) is 0.877. The lowest BCUT2D eigenvalue weighted by molar-refractivity contribution is 0.0938. The van der Waals surface area contributed by atoms with E-state index in [1.807, 2.05) is 13.0 Å². The third-order valence-electron chi connectivity index (χ3n) is 2.52. The van der Waals surface area contributed by atoms with Crippen molar-refractivity contribution in [2.45, 2.75) is 19.4 Å². The first-order chi connectivity index (χ1) is 9.06. The number of carbonyl (C=O) groups excluding carboxylic acids is 1. The summed E-state index contributed by atoms with van der Waals surface area (Å²) < 4.78 is 18.2. The van der Waals surface area contributed by atoms with Crippen LogP contribution < -0.4 is 5.32 Å². The van der Waals surface area contributed by atoms with E-state index in [0.717, 1.165) is 18.0 Å². The van der Waals surface area contributed by atoms with Crippen molar-refractivity contribution in [2.75, 3.05) is 0 Å². The number of nitrogens with zero attached hydrogens (tertiary/aromatic N) is 1. The molecule has 0 fully saturated rings. The molecule has 2 aromatic heterocycles. The Balaban J connectivity index is 2.02. The highest BCUT2D eigenvalue weighted by Crippen LogP contribution is 2.14. The molecular weight excluding hydrogens is 271 g/mol. The number of aromatic nitrogens is 1. The first kappa shape index (κ1) is 13.5. The molecule has 0 saturated heterocycles. The number of halogens is 2. The van der Waals surface area contributed by atoms with Crippen molar-refractivity contribution in [3.63, 3.8) is 0 Å². The van der Waals surface area contributed by atoms with Gasteiger partial charge in [0.25, 0.3) is 5.91 Å². The lowest BCUT2D eigenvalue weighted by Crippen LogP contribution is -2.34. The average molecular weight is 283 g/mol. The third kappa shape index (κ3) is 3.54. The highest BCUT2D eigenvalue weighted by Gasteiger charge is 2.15. The normalized spacial score (nSPS) is 12.2. The second-order valence-electron chi connectivity index (χ2n) is 4.15. The second-order valence-corrected chi connectivity index (χ2v) is 4.51. The molecule has 6 heteroatoms. The maximum atomic E-state index is 13.0. The molecule has 1 atom stereocenters. The summed E-state index contributed by atoms with van der Waals surface area (Å²) in [5.74, 6) is -0.305. The zero-order valence-electron chi connectivity index (χ0n) is 10.2.